The van der Waals surface area contributed by atoms with Crippen LogP contribution in [-0.4, -0.2) is 0 Å². The van der Waals surface area contributed by atoms with E-state index >= 15 is 0 Å². The van der Waals surface area contributed by atoms with Crippen LogP contribution >= 0.6 is 0 Å². The molecular weight excluding hydrogens is 86.1 g/mol. The lowest BCUT2D eigenvalue weighted by Crippen LogP contribution is -2.74. The van der Waals surface area contributed by atoms with Gasteiger partial charge in [-0.05, 0) is 19.6 Å². The van der Waals surface area contributed by atoms with Crippen molar-refractivity contribution in [2.75, 3.05) is 0 Å². The molecule has 0 saturated carbocycles. The standard InChI is InChI=1S/C6H11N/c1-4-6(3)7-5-2/h4-5,7H,2H2,1,3H3/p+1. The van der Waals surface area contributed by atoms with E-state index in [1.165, 1.54) is 5.70 Å². The number of hydrogen-bond acceptors (Lipinski definition) is 0. The van der Waals surface area contributed by atoms with Gasteiger partial charge >= 0.3 is 0 Å². The van der Waals surface area contributed by atoms with Gasteiger partial charge in [0.1, 0.15) is 5.70 Å². The molecule has 0 aliphatic rings. The molecule has 0 aromatic rings. The van der Waals surface area contributed by atoms with Crippen LogP contribution in [0.2, 0.25) is 0 Å². The van der Waals surface area contributed by atoms with Crippen molar-refractivity contribution in [1.29, 1.82) is 0 Å². The average Bonchev–Trinajstić information content (AvgIpc) is 1.68. The molecule has 0 aliphatic heterocycles. The molecule has 0 bridgehead atoms. The molecule has 0 rings (SSSR count). The number of rotatable bonds is 2. The summed E-state index contributed by atoms with van der Waals surface area (Å²) in [5.74, 6) is 0. The van der Waals surface area contributed by atoms with Crippen molar-refractivity contribution in [2.24, 2.45) is 0 Å². The minimum absolute atomic E-state index is 1.26. The van der Waals surface area contributed by atoms with E-state index in [0.717, 1.165) is 0 Å². The molecule has 0 amide bonds. The van der Waals surface area contributed by atoms with Crippen molar-refractivity contribution in [3.05, 3.63) is 24.6 Å². The predicted octanol–water partition coefficient (Wildman–Crippen LogP) is 0.617. The van der Waals surface area contributed by atoms with Gasteiger partial charge in [-0.1, -0.05) is 0 Å². The molecule has 0 aromatic heterocycles. The van der Waals surface area contributed by atoms with E-state index in [4.69, 9.17) is 0 Å². The summed E-state index contributed by atoms with van der Waals surface area (Å²) in [4.78, 5) is 0. The molecule has 0 spiro atoms. The third-order valence-electron chi connectivity index (χ3n) is 0.836. The third-order valence-corrected chi connectivity index (χ3v) is 0.836. The maximum atomic E-state index is 3.55. The van der Waals surface area contributed by atoms with E-state index in [-0.39, 0.29) is 0 Å². The Morgan fingerprint density at radius 1 is 1.71 bits per heavy atom. The largest absolute Gasteiger partial charge is 0.292 e. The Balaban J connectivity index is 3.36. The normalized spacial score (nSPS) is 11.4. The van der Waals surface area contributed by atoms with Gasteiger partial charge in [0.2, 0.25) is 0 Å². The predicted molar refractivity (Wildman–Crippen MR) is 31.6 cm³/mol. The van der Waals surface area contributed by atoms with E-state index in [0.29, 0.717) is 0 Å². The summed E-state index contributed by atoms with van der Waals surface area (Å²) in [5.41, 5.74) is 1.26. The zero-order chi connectivity index (χ0) is 5.70. The van der Waals surface area contributed by atoms with Gasteiger partial charge in [-0.15, -0.1) is 0 Å². The summed E-state index contributed by atoms with van der Waals surface area (Å²) in [6.45, 7) is 7.60. The Morgan fingerprint density at radius 2 is 2.29 bits per heavy atom. The highest BCUT2D eigenvalue weighted by atomic mass is 14.8. The molecule has 0 aromatic carbocycles. The molecular formula is C6H12N+. The van der Waals surface area contributed by atoms with Crippen LogP contribution in [0, 0.1) is 0 Å². The van der Waals surface area contributed by atoms with Crippen molar-refractivity contribution in [3.8, 4) is 0 Å². The summed E-state index contributed by atoms with van der Waals surface area (Å²) in [5, 5.41) is 1.97. The first-order chi connectivity index (χ1) is 3.31. The maximum absolute atomic E-state index is 3.55. The molecule has 1 heteroatoms. The molecule has 0 aliphatic carbocycles. The van der Waals surface area contributed by atoms with Crippen molar-refractivity contribution in [1.82, 2.24) is 0 Å². The average molecular weight is 98.2 g/mol. The van der Waals surface area contributed by atoms with E-state index in [9.17, 15) is 0 Å². The Bertz CT molecular complexity index is 82.2. The number of nitrogens with two attached hydrogens (primary N) is 1. The van der Waals surface area contributed by atoms with Gasteiger partial charge in [0.15, 0.2) is 0 Å². The molecule has 7 heavy (non-hydrogen) atoms. The highest BCUT2D eigenvalue weighted by molar-refractivity contribution is 4.81. The highest BCUT2D eigenvalue weighted by Crippen LogP contribution is 1.70. The summed E-state index contributed by atoms with van der Waals surface area (Å²) >= 11 is 0. The Hall–Kier alpha value is -0.560. The second-order valence-electron chi connectivity index (χ2n) is 1.44. The van der Waals surface area contributed by atoms with Crippen LogP contribution in [0.5, 0.6) is 0 Å². The summed E-state index contributed by atoms with van der Waals surface area (Å²) in [6.07, 6.45) is 3.83. The molecule has 0 radical (unpaired) electrons. The second kappa shape index (κ2) is 3.62. The van der Waals surface area contributed by atoms with Crippen LogP contribution < -0.4 is 5.32 Å². The number of hydrogen-bond donors (Lipinski definition) is 1. The van der Waals surface area contributed by atoms with Crippen molar-refractivity contribution in [2.45, 2.75) is 13.8 Å². The van der Waals surface area contributed by atoms with Crippen molar-refractivity contribution < 1.29 is 5.32 Å². The summed E-state index contributed by atoms with van der Waals surface area (Å²) in [6, 6.07) is 0. The van der Waals surface area contributed by atoms with Gasteiger partial charge in [0.25, 0.3) is 0 Å². The van der Waals surface area contributed by atoms with Gasteiger partial charge < -0.3 is 0 Å². The fourth-order valence-corrected chi connectivity index (χ4v) is 0.282. The number of quaternary nitrogens is 1. The van der Waals surface area contributed by atoms with Crippen LogP contribution in [0.15, 0.2) is 24.6 Å². The van der Waals surface area contributed by atoms with Crippen LogP contribution in [0.4, 0.5) is 0 Å². The van der Waals surface area contributed by atoms with E-state index in [2.05, 4.69) is 6.58 Å². The van der Waals surface area contributed by atoms with E-state index in [1.54, 1.807) is 6.20 Å². The molecule has 0 saturated heterocycles. The van der Waals surface area contributed by atoms with Gasteiger partial charge in [0.05, 0.1) is 6.20 Å². The highest BCUT2D eigenvalue weighted by Gasteiger charge is 1.79. The lowest BCUT2D eigenvalue weighted by Gasteiger charge is -1.86. The first kappa shape index (κ1) is 6.44. The Morgan fingerprint density at radius 3 is 2.43 bits per heavy atom. The van der Waals surface area contributed by atoms with Gasteiger partial charge in [-0.25, -0.2) is 0 Å². The lowest BCUT2D eigenvalue weighted by molar-refractivity contribution is -0.534. The fraction of sp³-hybridized carbons (Fsp3) is 0.333. The topological polar surface area (TPSA) is 16.6 Å². The number of allylic oxidation sites excluding steroid dienone is 2. The van der Waals surface area contributed by atoms with Crippen LogP contribution in [0.25, 0.3) is 0 Å². The summed E-state index contributed by atoms with van der Waals surface area (Å²) < 4.78 is 0. The van der Waals surface area contributed by atoms with Crippen LogP contribution in [-0.2, 0) is 0 Å². The minimum atomic E-state index is 1.26. The molecule has 40 valence electrons. The Labute approximate surface area is 44.7 Å². The monoisotopic (exact) mass is 98.1 g/mol. The van der Waals surface area contributed by atoms with Crippen molar-refractivity contribution >= 4 is 0 Å². The van der Waals surface area contributed by atoms with Gasteiger partial charge in [0, 0.05) is 6.92 Å². The minimum Gasteiger partial charge on any atom is -0.292 e. The quantitative estimate of drug-likeness (QED) is 0.521. The zero-order valence-corrected chi connectivity index (χ0v) is 4.94. The third kappa shape index (κ3) is 3.27. The zero-order valence-electron chi connectivity index (χ0n) is 4.94. The van der Waals surface area contributed by atoms with Crippen LogP contribution in [0.1, 0.15) is 13.8 Å². The van der Waals surface area contributed by atoms with Crippen LogP contribution in [0.3, 0.4) is 0 Å². The first-order valence-corrected chi connectivity index (χ1v) is 2.40. The molecule has 0 heterocycles. The molecule has 0 atom stereocenters. The Kier molecular flexibility index (Phi) is 3.33. The summed E-state index contributed by atoms with van der Waals surface area (Å²) in [7, 11) is 0. The van der Waals surface area contributed by atoms with Gasteiger partial charge in [-0.2, -0.15) is 0 Å². The van der Waals surface area contributed by atoms with E-state index < -0.39 is 0 Å². The first-order valence-electron chi connectivity index (χ1n) is 2.40. The maximum Gasteiger partial charge on any atom is 0.103 e. The molecule has 2 N–H and O–H groups in total. The smallest absolute Gasteiger partial charge is 0.103 e. The molecule has 1 nitrogen and oxygen atoms in total. The van der Waals surface area contributed by atoms with E-state index in [1.807, 2.05) is 25.2 Å². The SMILES string of the molecule is C=C[NH2+]C(C)=CC. The molecule has 0 fully saturated rings. The second-order valence-corrected chi connectivity index (χ2v) is 1.44. The molecule has 0 unspecified atom stereocenters. The lowest BCUT2D eigenvalue weighted by atomic mass is 10.5. The van der Waals surface area contributed by atoms with Gasteiger partial charge in [-0.3, -0.25) is 5.32 Å². The fourth-order valence-electron chi connectivity index (χ4n) is 0.282. The van der Waals surface area contributed by atoms with Crippen molar-refractivity contribution in [3.63, 3.8) is 0 Å².